The Morgan fingerprint density at radius 3 is 2.19 bits per heavy atom. The lowest BCUT2D eigenvalue weighted by Crippen LogP contribution is -2.23. The summed E-state index contributed by atoms with van der Waals surface area (Å²) in [5.74, 6) is 0. The summed E-state index contributed by atoms with van der Waals surface area (Å²) in [7, 11) is 0. The quantitative estimate of drug-likeness (QED) is 0.678. The number of halogens is 4. The highest BCUT2D eigenvalue weighted by atomic mass is 35.5. The van der Waals surface area contributed by atoms with Gasteiger partial charge in [-0.15, -0.1) is 0 Å². The van der Waals surface area contributed by atoms with Crippen molar-refractivity contribution in [2.75, 3.05) is 28.6 Å². The number of carbonyl (C=O) groups excluding carboxylic acids is 1. The van der Waals surface area contributed by atoms with Crippen LogP contribution in [-0.4, -0.2) is 19.1 Å². The van der Waals surface area contributed by atoms with Crippen LogP contribution in [-0.2, 0) is 6.18 Å². The molecule has 4 nitrogen and oxygen atoms in total. The van der Waals surface area contributed by atoms with Crippen molar-refractivity contribution in [1.82, 2.24) is 0 Å². The molecule has 0 saturated carbocycles. The smallest absolute Gasteiger partial charge is 0.372 e. The fraction of sp³-hybridized carbons (Fsp3) is 0.278. The number of nitrogens with one attached hydrogen (secondary N) is 2. The third kappa shape index (κ3) is 5.05. The number of alkyl halides is 3. The topological polar surface area (TPSA) is 44.4 Å². The van der Waals surface area contributed by atoms with E-state index >= 15 is 0 Å². The van der Waals surface area contributed by atoms with Crippen LogP contribution in [0.4, 0.5) is 35.0 Å². The van der Waals surface area contributed by atoms with Crippen molar-refractivity contribution in [3.63, 3.8) is 0 Å². The molecule has 0 aliphatic carbocycles. The highest BCUT2D eigenvalue weighted by molar-refractivity contribution is 6.30. The molecular weight excluding hydrogens is 367 g/mol. The molecule has 0 radical (unpaired) electrons. The Morgan fingerprint density at radius 1 is 1.04 bits per heavy atom. The summed E-state index contributed by atoms with van der Waals surface area (Å²) >= 11 is 5.62. The average molecular weight is 386 g/mol. The van der Waals surface area contributed by atoms with E-state index in [4.69, 9.17) is 11.6 Å². The number of amides is 2. The van der Waals surface area contributed by atoms with E-state index in [1.54, 1.807) is 12.1 Å². The van der Waals surface area contributed by atoms with Gasteiger partial charge in [0.25, 0.3) is 0 Å². The van der Waals surface area contributed by atoms with Crippen molar-refractivity contribution < 1.29 is 18.0 Å². The molecule has 0 atom stereocenters. The average Bonchev–Trinajstić information content (AvgIpc) is 2.58. The number of anilines is 3. The first-order chi connectivity index (χ1) is 12.2. The summed E-state index contributed by atoms with van der Waals surface area (Å²) in [5, 5.41) is 4.67. The molecule has 2 aromatic rings. The van der Waals surface area contributed by atoms with Crippen molar-refractivity contribution in [2.24, 2.45) is 0 Å². The molecule has 0 fully saturated rings. The molecule has 0 spiro atoms. The van der Waals surface area contributed by atoms with Crippen LogP contribution in [0.25, 0.3) is 0 Å². The van der Waals surface area contributed by atoms with E-state index in [0.717, 1.165) is 30.9 Å². The fourth-order valence-electron chi connectivity index (χ4n) is 2.49. The minimum Gasteiger partial charge on any atom is -0.372 e. The van der Waals surface area contributed by atoms with E-state index in [9.17, 15) is 18.0 Å². The first-order valence-corrected chi connectivity index (χ1v) is 8.42. The Bertz CT molecular complexity index is 759. The largest absolute Gasteiger partial charge is 0.418 e. The second-order valence-electron chi connectivity index (χ2n) is 5.49. The first kappa shape index (κ1) is 19.9. The van der Waals surface area contributed by atoms with Gasteiger partial charge in [0.1, 0.15) is 0 Å². The van der Waals surface area contributed by atoms with Gasteiger partial charge in [-0.25, -0.2) is 4.79 Å². The van der Waals surface area contributed by atoms with Gasteiger partial charge < -0.3 is 15.5 Å². The summed E-state index contributed by atoms with van der Waals surface area (Å²) in [4.78, 5) is 14.2. The minimum atomic E-state index is -4.63. The Morgan fingerprint density at radius 2 is 1.65 bits per heavy atom. The van der Waals surface area contributed by atoms with Gasteiger partial charge in [-0.1, -0.05) is 11.6 Å². The third-order valence-corrected chi connectivity index (χ3v) is 4.02. The number of benzene rings is 2. The molecule has 0 aliphatic heterocycles. The molecule has 0 saturated heterocycles. The van der Waals surface area contributed by atoms with Crippen LogP contribution in [0.1, 0.15) is 19.4 Å². The lowest BCUT2D eigenvalue weighted by atomic mass is 10.1. The molecule has 8 heteroatoms. The molecule has 0 bridgehead atoms. The molecular formula is C18H19ClF3N3O. The van der Waals surface area contributed by atoms with Crippen LogP contribution >= 0.6 is 11.6 Å². The number of hydrogen-bond acceptors (Lipinski definition) is 2. The maximum Gasteiger partial charge on any atom is 0.418 e. The van der Waals surface area contributed by atoms with Crippen molar-refractivity contribution in [3.8, 4) is 0 Å². The van der Waals surface area contributed by atoms with Crippen molar-refractivity contribution in [1.29, 1.82) is 0 Å². The van der Waals surface area contributed by atoms with Crippen LogP contribution in [0.5, 0.6) is 0 Å². The molecule has 2 rings (SSSR count). The van der Waals surface area contributed by atoms with E-state index < -0.39 is 17.8 Å². The Hall–Kier alpha value is -2.41. The van der Waals surface area contributed by atoms with Gasteiger partial charge in [-0.05, 0) is 56.3 Å². The minimum absolute atomic E-state index is 0.0599. The highest BCUT2D eigenvalue weighted by Crippen LogP contribution is 2.36. The molecule has 0 aromatic heterocycles. The second kappa shape index (κ2) is 8.31. The van der Waals surface area contributed by atoms with Gasteiger partial charge in [0.2, 0.25) is 0 Å². The fourth-order valence-corrected chi connectivity index (χ4v) is 2.66. The number of rotatable bonds is 5. The van der Waals surface area contributed by atoms with Crippen LogP contribution in [0.2, 0.25) is 5.02 Å². The Balaban J connectivity index is 2.10. The van der Waals surface area contributed by atoms with Gasteiger partial charge in [-0.3, -0.25) is 0 Å². The monoisotopic (exact) mass is 385 g/mol. The highest BCUT2D eigenvalue weighted by Gasteiger charge is 2.34. The van der Waals surface area contributed by atoms with Gasteiger partial charge in [0, 0.05) is 29.5 Å². The van der Waals surface area contributed by atoms with E-state index in [-0.39, 0.29) is 10.7 Å². The zero-order valence-electron chi connectivity index (χ0n) is 14.3. The Kier molecular flexibility index (Phi) is 6.37. The van der Waals surface area contributed by atoms with Gasteiger partial charge >= 0.3 is 12.2 Å². The summed E-state index contributed by atoms with van der Waals surface area (Å²) in [6.45, 7) is 5.77. The van der Waals surface area contributed by atoms with E-state index in [0.29, 0.717) is 5.69 Å². The normalized spacial score (nSPS) is 11.2. The lowest BCUT2D eigenvalue weighted by molar-refractivity contribution is -0.136. The molecule has 0 heterocycles. The molecule has 0 aliphatic rings. The maximum absolute atomic E-state index is 13.1. The molecule has 2 N–H and O–H groups in total. The van der Waals surface area contributed by atoms with E-state index in [1.807, 2.05) is 26.0 Å². The predicted octanol–water partition coefficient (Wildman–Crippen LogP) is 5.85. The number of urea groups is 1. The number of hydrogen-bond donors (Lipinski definition) is 2. The summed E-state index contributed by atoms with van der Waals surface area (Å²) < 4.78 is 39.2. The molecule has 0 unspecified atom stereocenters. The molecule has 26 heavy (non-hydrogen) atoms. The van der Waals surface area contributed by atoms with Crippen LogP contribution in [0, 0.1) is 0 Å². The Labute approximate surface area is 154 Å². The number of nitrogens with zero attached hydrogens (tertiary/aromatic N) is 1. The lowest BCUT2D eigenvalue weighted by Gasteiger charge is -2.21. The van der Waals surface area contributed by atoms with Crippen LogP contribution in [0.3, 0.4) is 0 Å². The SMILES string of the molecule is CCN(CC)c1ccc(NC(=O)Nc2ccc(Cl)cc2C(F)(F)F)cc1. The predicted molar refractivity (Wildman–Crippen MR) is 99.1 cm³/mol. The van der Waals surface area contributed by atoms with Gasteiger partial charge in [0.05, 0.1) is 11.3 Å². The van der Waals surface area contributed by atoms with E-state index in [1.165, 1.54) is 6.07 Å². The molecule has 140 valence electrons. The third-order valence-electron chi connectivity index (χ3n) is 3.79. The van der Waals surface area contributed by atoms with Crippen LogP contribution in [0.15, 0.2) is 42.5 Å². The van der Waals surface area contributed by atoms with Crippen molar-refractivity contribution >= 4 is 34.7 Å². The van der Waals surface area contributed by atoms with Gasteiger partial charge in [-0.2, -0.15) is 13.2 Å². The van der Waals surface area contributed by atoms with E-state index in [2.05, 4.69) is 15.5 Å². The molecule has 2 amide bonds. The standard InChI is InChI=1S/C18H19ClF3N3O/c1-3-25(4-2)14-8-6-13(7-9-14)23-17(26)24-16-10-5-12(19)11-15(16)18(20,21)22/h5-11H,3-4H2,1-2H3,(H2,23,24,26). The summed E-state index contributed by atoms with van der Waals surface area (Å²) in [6.07, 6.45) is -4.63. The maximum atomic E-state index is 13.1. The van der Waals surface area contributed by atoms with Crippen molar-refractivity contribution in [3.05, 3.63) is 53.1 Å². The number of carbonyl (C=O) groups is 1. The second-order valence-corrected chi connectivity index (χ2v) is 5.92. The molecule has 2 aromatic carbocycles. The summed E-state index contributed by atoms with van der Waals surface area (Å²) in [5.41, 5.74) is 0.107. The zero-order chi connectivity index (χ0) is 19.3. The van der Waals surface area contributed by atoms with Crippen LogP contribution < -0.4 is 15.5 Å². The zero-order valence-corrected chi connectivity index (χ0v) is 15.1. The first-order valence-electron chi connectivity index (χ1n) is 8.04. The van der Waals surface area contributed by atoms with Gasteiger partial charge in [0.15, 0.2) is 0 Å². The summed E-state index contributed by atoms with van der Waals surface area (Å²) in [6, 6.07) is 9.47. The van der Waals surface area contributed by atoms with Crippen molar-refractivity contribution in [2.45, 2.75) is 20.0 Å².